The van der Waals surface area contributed by atoms with Crippen LogP contribution in [0, 0.1) is 11.3 Å². The number of alkyl halides is 2. The average Bonchev–Trinajstić information content (AvgIpc) is 3.10. The summed E-state index contributed by atoms with van der Waals surface area (Å²) >= 11 is 0. The monoisotopic (exact) mass is 352 g/mol. The first-order valence-corrected chi connectivity index (χ1v) is 7.68. The van der Waals surface area contributed by atoms with Crippen LogP contribution in [0.25, 0.3) is 6.08 Å². The zero-order valence-electron chi connectivity index (χ0n) is 13.6. The maximum absolute atomic E-state index is 12.5. The van der Waals surface area contributed by atoms with Crippen LogP contribution < -0.4 is 14.8 Å². The second-order valence-electron chi connectivity index (χ2n) is 5.30. The average molecular weight is 352 g/mol. The summed E-state index contributed by atoms with van der Waals surface area (Å²) in [5, 5.41) is 11.8. The first kappa shape index (κ1) is 18.7. The quantitative estimate of drug-likeness (QED) is 0.602. The van der Waals surface area contributed by atoms with Crippen LogP contribution in [0.1, 0.15) is 18.4 Å². The summed E-state index contributed by atoms with van der Waals surface area (Å²) in [5.41, 5.74) is 0.214. The number of nitrogens with zero attached hydrogens (tertiary/aromatic N) is 1. The fraction of sp³-hybridized carbons (Fsp3) is 0.412. The predicted octanol–water partition coefficient (Wildman–Crippen LogP) is 2.50. The van der Waals surface area contributed by atoms with Crippen molar-refractivity contribution in [2.45, 2.75) is 25.6 Å². The summed E-state index contributed by atoms with van der Waals surface area (Å²) in [6.07, 6.45) is 3.05. The van der Waals surface area contributed by atoms with Crippen molar-refractivity contribution in [1.29, 1.82) is 5.26 Å². The molecular weight excluding hydrogens is 334 g/mol. The van der Waals surface area contributed by atoms with Gasteiger partial charge in [-0.1, -0.05) is 6.07 Å². The molecule has 0 bridgehead atoms. The minimum atomic E-state index is -3.02. The number of nitrogens with one attached hydrogen (secondary N) is 1. The van der Waals surface area contributed by atoms with Gasteiger partial charge in [0.1, 0.15) is 11.6 Å². The van der Waals surface area contributed by atoms with Gasteiger partial charge in [-0.15, -0.1) is 0 Å². The Bertz CT molecular complexity index is 680. The lowest BCUT2D eigenvalue weighted by atomic mass is 10.1. The Morgan fingerprint density at radius 1 is 1.52 bits per heavy atom. The zero-order valence-corrected chi connectivity index (χ0v) is 13.6. The van der Waals surface area contributed by atoms with Gasteiger partial charge in [0.2, 0.25) is 0 Å². The third kappa shape index (κ3) is 5.43. The van der Waals surface area contributed by atoms with Crippen LogP contribution in [-0.4, -0.2) is 38.9 Å². The van der Waals surface area contributed by atoms with Crippen LogP contribution in [0.4, 0.5) is 8.78 Å². The molecule has 1 aromatic carbocycles. The van der Waals surface area contributed by atoms with Crippen molar-refractivity contribution < 1.29 is 27.8 Å². The fourth-order valence-electron chi connectivity index (χ4n) is 2.39. The Kier molecular flexibility index (Phi) is 6.71. The Labute approximate surface area is 144 Å². The minimum Gasteiger partial charge on any atom is -0.493 e. The molecule has 1 heterocycles. The van der Waals surface area contributed by atoms with Gasteiger partial charge in [0, 0.05) is 13.2 Å². The van der Waals surface area contributed by atoms with E-state index in [0.29, 0.717) is 18.7 Å². The molecule has 1 amide bonds. The highest BCUT2D eigenvalue weighted by Gasteiger charge is 2.18. The van der Waals surface area contributed by atoms with Gasteiger partial charge in [-0.2, -0.15) is 14.0 Å². The molecule has 25 heavy (non-hydrogen) atoms. The van der Waals surface area contributed by atoms with Crippen molar-refractivity contribution in [3.05, 3.63) is 29.3 Å². The third-order valence-corrected chi connectivity index (χ3v) is 3.59. The number of amides is 1. The van der Waals surface area contributed by atoms with Crippen LogP contribution in [-0.2, 0) is 9.53 Å². The van der Waals surface area contributed by atoms with Gasteiger partial charge in [0.15, 0.2) is 11.5 Å². The van der Waals surface area contributed by atoms with Crippen LogP contribution in [0.3, 0.4) is 0 Å². The first-order valence-electron chi connectivity index (χ1n) is 7.68. The molecule has 0 saturated carbocycles. The van der Waals surface area contributed by atoms with Crippen molar-refractivity contribution in [3.63, 3.8) is 0 Å². The Balaban J connectivity index is 2.11. The fourth-order valence-corrected chi connectivity index (χ4v) is 2.39. The molecule has 1 aromatic rings. The van der Waals surface area contributed by atoms with Crippen molar-refractivity contribution in [2.24, 2.45) is 0 Å². The summed E-state index contributed by atoms with van der Waals surface area (Å²) in [6.45, 7) is -2.03. The van der Waals surface area contributed by atoms with E-state index in [2.05, 4.69) is 10.1 Å². The van der Waals surface area contributed by atoms with Crippen molar-refractivity contribution in [3.8, 4) is 17.6 Å². The van der Waals surface area contributed by atoms with Gasteiger partial charge >= 0.3 is 6.61 Å². The number of ether oxygens (including phenoxy) is 3. The van der Waals surface area contributed by atoms with E-state index < -0.39 is 12.5 Å². The lowest BCUT2D eigenvalue weighted by Crippen LogP contribution is -2.32. The molecule has 0 aromatic heterocycles. The summed E-state index contributed by atoms with van der Waals surface area (Å²) in [4.78, 5) is 12.1. The molecule has 0 aliphatic carbocycles. The number of halogens is 2. The largest absolute Gasteiger partial charge is 0.493 e. The number of rotatable bonds is 7. The molecule has 134 valence electrons. The molecule has 1 aliphatic heterocycles. The van der Waals surface area contributed by atoms with Crippen molar-refractivity contribution in [1.82, 2.24) is 5.32 Å². The number of methoxy groups -OCH3 is 1. The second kappa shape index (κ2) is 8.99. The third-order valence-electron chi connectivity index (χ3n) is 3.59. The van der Waals surface area contributed by atoms with E-state index in [1.807, 2.05) is 0 Å². The highest BCUT2D eigenvalue weighted by Crippen LogP contribution is 2.30. The van der Waals surface area contributed by atoms with Gasteiger partial charge in [-0.3, -0.25) is 4.79 Å². The summed E-state index contributed by atoms with van der Waals surface area (Å²) in [6, 6.07) is 6.03. The highest BCUT2D eigenvalue weighted by molar-refractivity contribution is 6.01. The molecule has 8 heteroatoms. The first-order chi connectivity index (χ1) is 12.0. The van der Waals surface area contributed by atoms with E-state index in [1.54, 1.807) is 6.07 Å². The topological polar surface area (TPSA) is 80.6 Å². The second-order valence-corrected chi connectivity index (χ2v) is 5.30. The minimum absolute atomic E-state index is 0.0454. The van der Waals surface area contributed by atoms with Crippen LogP contribution in [0.2, 0.25) is 0 Å². The van der Waals surface area contributed by atoms with Crippen LogP contribution in [0.5, 0.6) is 11.5 Å². The van der Waals surface area contributed by atoms with E-state index in [9.17, 15) is 18.8 Å². The lowest BCUT2D eigenvalue weighted by molar-refractivity contribution is -0.117. The summed E-state index contributed by atoms with van der Waals surface area (Å²) in [5.74, 6) is -0.604. The van der Waals surface area contributed by atoms with E-state index in [4.69, 9.17) is 9.47 Å². The molecule has 2 rings (SSSR count). The summed E-state index contributed by atoms with van der Waals surface area (Å²) < 4.78 is 39.6. The van der Waals surface area contributed by atoms with Crippen LogP contribution >= 0.6 is 0 Å². The number of hydrogen-bond donors (Lipinski definition) is 1. The molecule has 0 unspecified atom stereocenters. The molecule has 1 saturated heterocycles. The molecule has 1 N–H and O–H groups in total. The number of carbonyl (C=O) groups is 1. The number of hydrogen-bond acceptors (Lipinski definition) is 5. The number of nitriles is 1. The Morgan fingerprint density at radius 3 is 2.92 bits per heavy atom. The maximum Gasteiger partial charge on any atom is 0.387 e. The van der Waals surface area contributed by atoms with Crippen LogP contribution in [0.15, 0.2) is 23.8 Å². The molecule has 0 radical (unpaired) electrons. The molecule has 6 nitrogen and oxygen atoms in total. The number of benzene rings is 1. The zero-order chi connectivity index (χ0) is 18.2. The normalized spacial score (nSPS) is 17.2. The van der Waals surface area contributed by atoms with Crippen molar-refractivity contribution in [2.75, 3.05) is 20.3 Å². The maximum atomic E-state index is 12.5. The van der Waals surface area contributed by atoms with E-state index in [-0.39, 0.29) is 23.2 Å². The van der Waals surface area contributed by atoms with E-state index >= 15 is 0 Å². The summed E-state index contributed by atoms with van der Waals surface area (Å²) in [7, 11) is 1.32. The van der Waals surface area contributed by atoms with Gasteiger partial charge in [-0.25, -0.2) is 0 Å². The van der Waals surface area contributed by atoms with Crippen molar-refractivity contribution >= 4 is 12.0 Å². The molecule has 1 fully saturated rings. The SMILES string of the molecule is COc1ccc(/C=C(\C#N)C(=O)NC[C@H]2CCCO2)cc1OC(F)F. The van der Waals surface area contributed by atoms with Gasteiger partial charge < -0.3 is 19.5 Å². The Morgan fingerprint density at radius 2 is 2.32 bits per heavy atom. The van der Waals surface area contributed by atoms with E-state index in [0.717, 1.165) is 12.8 Å². The van der Waals surface area contributed by atoms with Gasteiger partial charge in [-0.05, 0) is 36.6 Å². The highest BCUT2D eigenvalue weighted by atomic mass is 19.3. The van der Waals surface area contributed by atoms with Gasteiger partial charge in [0.05, 0.1) is 13.2 Å². The molecular formula is C17H18F2N2O4. The van der Waals surface area contributed by atoms with Gasteiger partial charge in [0.25, 0.3) is 5.91 Å². The molecule has 0 spiro atoms. The Hall–Kier alpha value is -2.66. The van der Waals surface area contributed by atoms with E-state index in [1.165, 1.54) is 31.4 Å². The standard InChI is InChI=1S/C17H18F2N2O4/c1-23-14-5-4-11(8-15(14)25-17(18)19)7-12(9-20)16(22)21-10-13-3-2-6-24-13/h4-5,7-8,13,17H,2-3,6,10H2,1H3,(H,21,22)/b12-7+/t13-/m1/s1. The number of carbonyl (C=O) groups excluding carboxylic acids is 1. The molecule has 1 aliphatic rings. The molecule has 1 atom stereocenters. The predicted molar refractivity (Wildman–Crippen MR) is 85.2 cm³/mol. The smallest absolute Gasteiger partial charge is 0.387 e. The lowest BCUT2D eigenvalue weighted by Gasteiger charge is -2.11.